The van der Waals surface area contributed by atoms with Crippen LogP contribution in [0.25, 0.3) is 12.2 Å². The van der Waals surface area contributed by atoms with Crippen LogP contribution in [0.15, 0.2) is 9.32 Å². The molecule has 7 heteroatoms. The van der Waals surface area contributed by atoms with Crippen molar-refractivity contribution in [3.63, 3.8) is 0 Å². The lowest BCUT2D eigenvalue weighted by molar-refractivity contribution is -0.136. The number of hydrogen-bond acceptors (Lipinski definition) is 5. The Morgan fingerprint density at radius 3 is 2.52 bits per heavy atom. The van der Waals surface area contributed by atoms with Crippen molar-refractivity contribution in [1.82, 2.24) is 15.1 Å². The molecule has 0 amide bonds. The number of rotatable bonds is 4. The second-order valence-corrected chi connectivity index (χ2v) is 4.66. The molecule has 0 aliphatic rings. The van der Waals surface area contributed by atoms with Crippen LogP contribution in [0.5, 0.6) is 0 Å². The first kappa shape index (κ1) is 14.7. The molecule has 0 aliphatic heterocycles. The normalized spacial score (nSPS) is 11.2. The van der Waals surface area contributed by atoms with Crippen LogP contribution in [0.1, 0.15) is 34.1 Å². The van der Waals surface area contributed by atoms with Crippen molar-refractivity contribution in [2.75, 3.05) is 0 Å². The van der Waals surface area contributed by atoms with E-state index >= 15 is 0 Å². The molecule has 0 saturated heterocycles. The Hall–Kier alpha value is -2.70. The number of nitrogens with one attached hydrogen (secondary N) is 1. The van der Waals surface area contributed by atoms with Gasteiger partial charge in [0.2, 0.25) is 0 Å². The fourth-order valence-electron chi connectivity index (χ4n) is 1.96. The molecule has 7 nitrogen and oxygen atoms in total. The van der Waals surface area contributed by atoms with E-state index in [1.165, 1.54) is 0 Å². The van der Waals surface area contributed by atoms with Crippen molar-refractivity contribution in [1.29, 1.82) is 0 Å². The van der Waals surface area contributed by atoms with Crippen LogP contribution in [0, 0.1) is 20.8 Å². The summed E-state index contributed by atoms with van der Waals surface area (Å²) >= 11 is 0. The van der Waals surface area contributed by atoms with E-state index in [9.17, 15) is 9.59 Å². The highest BCUT2D eigenvalue weighted by Gasteiger charge is 2.11. The topological polar surface area (TPSA) is 109 Å². The largest absolute Gasteiger partial charge is 0.481 e. The first-order valence-corrected chi connectivity index (χ1v) is 6.31. The van der Waals surface area contributed by atoms with Crippen molar-refractivity contribution in [2.24, 2.45) is 0 Å². The molecule has 21 heavy (non-hydrogen) atoms. The maximum Gasteiger partial charge on any atom is 0.308 e. The van der Waals surface area contributed by atoms with Gasteiger partial charge >= 0.3 is 5.97 Å². The SMILES string of the molecule is Cc1noc(C)c1/C=C/c1nc(C)c(CC(=O)O)c(=O)[nH]1. The third-order valence-electron chi connectivity index (χ3n) is 3.07. The van der Waals surface area contributed by atoms with Crippen molar-refractivity contribution in [2.45, 2.75) is 27.2 Å². The Bertz CT molecular complexity index is 752. The van der Waals surface area contributed by atoms with Gasteiger partial charge in [0, 0.05) is 16.8 Å². The Morgan fingerprint density at radius 2 is 2.00 bits per heavy atom. The molecule has 0 atom stereocenters. The second-order valence-electron chi connectivity index (χ2n) is 4.66. The van der Waals surface area contributed by atoms with E-state index in [0.29, 0.717) is 17.3 Å². The molecule has 0 bridgehead atoms. The summed E-state index contributed by atoms with van der Waals surface area (Å²) in [5.41, 5.74) is 1.69. The standard InChI is InChI=1S/C14H15N3O4/c1-7-11(6-13(18)19)14(20)16-12(15-7)5-4-10-8(2)17-21-9(10)3/h4-5H,6H2,1-3H3,(H,18,19)(H,15,16,20)/b5-4+. The summed E-state index contributed by atoms with van der Waals surface area (Å²) < 4.78 is 5.04. The van der Waals surface area contributed by atoms with Gasteiger partial charge in [0.1, 0.15) is 11.6 Å². The summed E-state index contributed by atoms with van der Waals surface area (Å²) in [5, 5.41) is 12.6. The smallest absolute Gasteiger partial charge is 0.308 e. The van der Waals surface area contributed by atoms with Crippen molar-refractivity contribution >= 4 is 18.1 Å². The first-order chi connectivity index (χ1) is 9.88. The Morgan fingerprint density at radius 1 is 1.29 bits per heavy atom. The van der Waals surface area contributed by atoms with Crippen LogP contribution in [0.4, 0.5) is 0 Å². The van der Waals surface area contributed by atoms with E-state index in [-0.39, 0.29) is 12.0 Å². The van der Waals surface area contributed by atoms with Crippen molar-refractivity contribution in [3.8, 4) is 0 Å². The van der Waals surface area contributed by atoms with E-state index in [0.717, 1.165) is 11.3 Å². The fraction of sp³-hybridized carbons (Fsp3) is 0.286. The molecule has 2 rings (SSSR count). The van der Waals surface area contributed by atoms with Crippen LogP contribution in [-0.4, -0.2) is 26.2 Å². The van der Waals surface area contributed by atoms with Crippen LogP contribution in [-0.2, 0) is 11.2 Å². The van der Waals surface area contributed by atoms with Gasteiger partial charge in [-0.3, -0.25) is 9.59 Å². The van der Waals surface area contributed by atoms with Crippen LogP contribution >= 0.6 is 0 Å². The summed E-state index contributed by atoms with van der Waals surface area (Å²) in [6.07, 6.45) is 3.03. The highest BCUT2D eigenvalue weighted by Crippen LogP contribution is 2.15. The number of aliphatic carboxylic acids is 1. The average molecular weight is 289 g/mol. The molecule has 2 aromatic rings. The van der Waals surface area contributed by atoms with Gasteiger partial charge in [-0.05, 0) is 32.9 Å². The van der Waals surface area contributed by atoms with Crippen LogP contribution in [0.2, 0.25) is 0 Å². The molecule has 0 saturated carbocycles. The number of carboxylic acids is 1. The fourth-order valence-corrected chi connectivity index (χ4v) is 1.96. The monoisotopic (exact) mass is 289 g/mol. The van der Waals surface area contributed by atoms with Gasteiger partial charge in [-0.25, -0.2) is 4.98 Å². The summed E-state index contributed by atoms with van der Waals surface area (Å²) in [6, 6.07) is 0. The Balaban J connectivity index is 2.34. The van der Waals surface area contributed by atoms with E-state index in [1.807, 2.05) is 6.92 Å². The molecular formula is C14H15N3O4. The molecule has 0 aliphatic carbocycles. The molecule has 0 fully saturated rings. The molecule has 2 aromatic heterocycles. The van der Waals surface area contributed by atoms with E-state index in [1.54, 1.807) is 26.0 Å². The van der Waals surface area contributed by atoms with Crippen LogP contribution in [0.3, 0.4) is 0 Å². The number of aromatic nitrogens is 3. The maximum atomic E-state index is 11.9. The predicted octanol–water partition coefficient (Wildman–Crippen LogP) is 1.48. The second kappa shape index (κ2) is 5.74. The van der Waals surface area contributed by atoms with Gasteiger partial charge in [-0.2, -0.15) is 0 Å². The molecule has 110 valence electrons. The number of carbonyl (C=O) groups is 1. The summed E-state index contributed by atoms with van der Waals surface area (Å²) in [5.74, 6) is -0.0404. The number of nitrogens with zero attached hydrogens (tertiary/aromatic N) is 2. The lowest BCUT2D eigenvalue weighted by Gasteiger charge is -2.02. The Labute approximate surface area is 120 Å². The summed E-state index contributed by atoms with van der Waals surface area (Å²) in [7, 11) is 0. The summed E-state index contributed by atoms with van der Waals surface area (Å²) in [6.45, 7) is 5.21. The Kier molecular flexibility index (Phi) is 4.02. The lowest BCUT2D eigenvalue weighted by Crippen LogP contribution is -2.20. The third-order valence-corrected chi connectivity index (χ3v) is 3.07. The minimum absolute atomic E-state index is 0.164. The number of carboxylic acid groups (broad SMARTS) is 1. The van der Waals surface area contributed by atoms with Crippen LogP contribution < -0.4 is 5.56 Å². The molecule has 2 N–H and O–H groups in total. The molecule has 0 radical (unpaired) electrons. The third kappa shape index (κ3) is 3.25. The van der Waals surface area contributed by atoms with E-state index < -0.39 is 11.5 Å². The summed E-state index contributed by atoms with van der Waals surface area (Å²) in [4.78, 5) is 29.3. The number of H-pyrrole nitrogens is 1. The predicted molar refractivity (Wildman–Crippen MR) is 75.8 cm³/mol. The highest BCUT2D eigenvalue weighted by atomic mass is 16.5. The van der Waals surface area contributed by atoms with E-state index in [2.05, 4.69) is 15.1 Å². The van der Waals surface area contributed by atoms with E-state index in [4.69, 9.17) is 9.63 Å². The van der Waals surface area contributed by atoms with Crippen molar-refractivity contribution in [3.05, 3.63) is 44.5 Å². The number of hydrogen-bond donors (Lipinski definition) is 2. The van der Waals surface area contributed by atoms with Gasteiger partial charge in [0.05, 0.1) is 12.1 Å². The van der Waals surface area contributed by atoms with Gasteiger partial charge in [0.15, 0.2) is 0 Å². The van der Waals surface area contributed by atoms with Crippen molar-refractivity contribution < 1.29 is 14.4 Å². The van der Waals surface area contributed by atoms with Gasteiger partial charge < -0.3 is 14.6 Å². The quantitative estimate of drug-likeness (QED) is 0.882. The number of aromatic amines is 1. The maximum absolute atomic E-state index is 11.9. The van der Waals surface area contributed by atoms with Gasteiger partial charge in [-0.15, -0.1) is 0 Å². The minimum Gasteiger partial charge on any atom is -0.481 e. The van der Waals surface area contributed by atoms with Gasteiger partial charge in [0.25, 0.3) is 5.56 Å². The molecule has 0 aromatic carbocycles. The molecule has 2 heterocycles. The minimum atomic E-state index is -1.07. The molecular weight excluding hydrogens is 274 g/mol. The highest BCUT2D eigenvalue weighted by molar-refractivity contribution is 5.71. The zero-order valence-corrected chi connectivity index (χ0v) is 11.9. The molecule has 0 unspecified atom stereocenters. The molecule has 0 spiro atoms. The zero-order valence-electron chi connectivity index (χ0n) is 11.9. The average Bonchev–Trinajstić information content (AvgIpc) is 2.71. The lowest BCUT2D eigenvalue weighted by atomic mass is 10.1. The zero-order chi connectivity index (χ0) is 15.6. The first-order valence-electron chi connectivity index (χ1n) is 6.31. The number of aryl methyl sites for hydroxylation is 3. The van der Waals surface area contributed by atoms with Gasteiger partial charge in [-0.1, -0.05) is 5.16 Å².